The van der Waals surface area contributed by atoms with Crippen molar-refractivity contribution in [2.75, 3.05) is 13.7 Å². The molecule has 0 saturated heterocycles. The largest absolute Gasteiger partial charge is 0.383 e. The highest BCUT2D eigenvalue weighted by molar-refractivity contribution is 7.09. The standard InChI is InChI=1S/C18H20N4O3S/c1-25-9-8-22-17(23)15-7-3-2-6-14(15)16(21-22)12-20-18(24)19-11-13-5-4-10-26-13/h2-7,10H,8-9,11-12H2,1H3,(H2,19,20,24). The molecule has 2 N–H and O–H groups in total. The van der Waals surface area contributed by atoms with E-state index in [9.17, 15) is 9.59 Å². The Kier molecular flexibility index (Phi) is 5.98. The number of methoxy groups -OCH3 is 1. The number of nitrogens with zero attached hydrogens (tertiary/aromatic N) is 2. The van der Waals surface area contributed by atoms with E-state index in [0.717, 1.165) is 10.3 Å². The third-order valence-electron chi connectivity index (χ3n) is 3.87. The predicted molar refractivity (Wildman–Crippen MR) is 101 cm³/mol. The summed E-state index contributed by atoms with van der Waals surface area (Å²) in [4.78, 5) is 25.6. The second-order valence-corrected chi connectivity index (χ2v) is 6.66. The number of benzene rings is 1. The topological polar surface area (TPSA) is 85.2 Å². The number of urea groups is 1. The molecule has 136 valence electrons. The van der Waals surface area contributed by atoms with Crippen LogP contribution in [-0.4, -0.2) is 29.5 Å². The van der Waals surface area contributed by atoms with Gasteiger partial charge in [0.15, 0.2) is 0 Å². The van der Waals surface area contributed by atoms with Crippen LogP contribution in [0.5, 0.6) is 0 Å². The summed E-state index contributed by atoms with van der Waals surface area (Å²) in [5.41, 5.74) is 0.478. The minimum absolute atomic E-state index is 0.163. The molecule has 7 nitrogen and oxygen atoms in total. The summed E-state index contributed by atoms with van der Waals surface area (Å²) in [5, 5.41) is 13.3. The van der Waals surface area contributed by atoms with Gasteiger partial charge < -0.3 is 15.4 Å². The SMILES string of the molecule is COCCn1nc(CNC(=O)NCc2cccs2)c2ccccc2c1=O. The Labute approximate surface area is 154 Å². The van der Waals surface area contributed by atoms with E-state index in [1.807, 2.05) is 35.7 Å². The Bertz CT molecular complexity index is 937. The summed E-state index contributed by atoms with van der Waals surface area (Å²) < 4.78 is 6.42. The fourth-order valence-electron chi connectivity index (χ4n) is 2.57. The number of fused-ring (bicyclic) bond motifs is 1. The monoisotopic (exact) mass is 372 g/mol. The lowest BCUT2D eigenvalue weighted by molar-refractivity contribution is 0.181. The first-order chi connectivity index (χ1) is 12.7. The molecule has 0 unspecified atom stereocenters. The molecule has 0 aliphatic rings. The molecule has 3 aromatic rings. The van der Waals surface area contributed by atoms with E-state index in [2.05, 4.69) is 15.7 Å². The van der Waals surface area contributed by atoms with E-state index in [1.165, 1.54) is 4.68 Å². The lowest BCUT2D eigenvalue weighted by Gasteiger charge is -2.12. The molecule has 0 atom stereocenters. The van der Waals surface area contributed by atoms with Crippen LogP contribution in [0, 0.1) is 0 Å². The minimum atomic E-state index is -0.279. The van der Waals surface area contributed by atoms with Gasteiger partial charge in [-0.05, 0) is 17.5 Å². The van der Waals surface area contributed by atoms with Gasteiger partial charge in [0.25, 0.3) is 5.56 Å². The molecule has 0 aliphatic heterocycles. The Morgan fingerprint density at radius 3 is 2.65 bits per heavy atom. The third-order valence-corrected chi connectivity index (χ3v) is 4.75. The number of hydrogen-bond acceptors (Lipinski definition) is 5. The molecule has 2 amide bonds. The number of ether oxygens (including phenoxy) is 1. The van der Waals surface area contributed by atoms with Crippen molar-refractivity contribution < 1.29 is 9.53 Å². The molecule has 0 fully saturated rings. The zero-order chi connectivity index (χ0) is 18.4. The van der Waals surface area contributed by atoms with Gasteiger partial charge >= 0.3 is 6.03 Å². The zero-order valence-electron chi connectivity index (χ0n) is 14.4. The molecule has 8 heteroatoms. The first-order valence-electron chi connectivity index (χ1n) is 8.21. The predicted octanol–water partition coefficient (Wildman–Crippen LogP) is 2.10. The van der Waals surface area contributed by atoms with E-state index < -0.39 is 0 Å². The second kappa shape index (κ2) is 8.59. The van der Waals surface area contributed by atoms with Gasteiger partial charge in [0.05, 0.1) is 37.3 Å². The molecule has 0 bridgehead atoms. The number of amides is 2. The molecule has 0 radical (unpaired) electrons. The van der Waals surface area contributed by atoms with Crippen molar-refractivity contribution in [2.45, 2.75) is 19.6 Å². The number of hydrogen-bond donors (Lipinski definition) is 2. The summed E-state index contributed by atoms with van der Waals surface area (Å²) in [5.74, 6) is 0. The van der Waals surface area contributed by atoms with Crippen LogP contribution in [0.2, 0.25) is 0 Å². The van der Waals surface area contributed by atoms with Crippen molar-refractivity contribution in [3.63, 3.8) is 0 Å². The number of nitrogens with one attached hydrogen (secondary N) is 2. The van der Waals surface area contributed by atoms with Crippen LogP contribution in [0.25, 0.3) is 10.8 Å². The smallest absolute Gasteiger partial charge is 0.315 e. The highest BCUT2D eigenvalue weighted by Crippen LogP contribution is 2.13. The van der Waals surface area contributed by atoms with Crippen LogP contribution in [-0.2, 0) is 24.4 Å². The molecule has 2 aromatic heterocycles. The first kappa shape index (κ1) is 18.1. The van der Waals surface area contributed by atoms with E-state index in [0.29, 0.717) is 30.8 Å². The molecule has 0 spiro atoms. The van der Waals surface area contributed by atoms with Crippen LogP contribution < -0.4 is 16.2 Å². The molecule has 26 heavy (non-hydrogen) atoms. The maximum atomic E-state index is 12.5. The summed E-state index contributed by atoms with van der Waals surface area (Å²) in [6.45, 7) is 1.45. The van der Waals surface area contributed by atoms with Crippen molar-refractivity contribution in [1.29, 1.82) is 0 Å². The number of carbonyl (C=O) groups excluding carboxylic acids is 1. The van der Waals surface area contributed by atoms with Gasteiger partial charge in [0.1, 0.15) is 0 Å². The van der Waals surface area contributed by atoms with Gasteiger partial charge in [-0.3, -0.25) is 4.79 Å². The maximum Gasteiger partial charge on any atom is 0.315 e. The van der Waals surface area contributed by atoms with Crippen LogP contribution >= 0.6 is 11.3 Å². The molecular formula is C18H20N4O3S. The normalized spacial score (nSPS) is 10.8. The number of carbonyl (C=O) groups is 1. The fourth-order valence-corrected chi connectivity index (χ4v) is 3.22. The first-order valence-corrected chi connectivity index (χ1v) is 9.08. The summed E-state index contributed by atoms with van der Waals surface area (Å²) in [7, 11) is 1.58. The minimum Gasteiger partial charge on any atom is -0.383 e. The molecule has 1 aromatic carbocycles. The molecule has 2 heterocycles. The van der Waals surface area contributed by atoms with Crippen molar-refractivity contribution >= 4 is 28.1 Å². The van der Waals surface area contributed by atoms with Crippen molar-refractivity contribution in [2.24, 2.45) is 0 Å². The van der Waals surface area contributed by atoms with E-state index >= 15 is 0 Å². The van der Waals surface area contributed by atoms with E-state index in [1.54, 1.807) is 24.5 Å². The molecule has 0 aliphatic carbocycles. The average molecular weight is 372 g/mol. The van der Waals surface area contributed by atoms with Gasteiger partial charge in [-0.2, -0.15) is 5.10 Å². The highest BCUT2D eigenvalue weighted by atomic mass is 32.1. The lowest BCUT2D eigenvalue weighted by Crippen LogP contribution is -2.35. The van der Waals surface area contributed by atoms with Crippen LogP contribution in [0.15, 0.2) is 46.6 Å². The van der Waals surface area contributed by atoms with Gasteiger partial charge in [0, 0.05) is 17.4 Å². The van der Waals surface area contributed by atoms with Crippen molar-refractivity contribution in [1.82, 2.24) is 20.4 Å². The highest BCUT2D eigenvalue weighted by Gasteiger charge is 2.11. The molecular weight excluding hydrogens is 352 g/mol. The molecule has 3 rings (SSSR count). The van der Waals surface area contributed by atoms with Gasteiger partial charge in [-0.1, -0.05) is 24.3 Å². The van der Waals surface area contributed by atoms with E-state index in [-0.39, 0.29) is 18.1 Å². The zero-order valence-corrected chi connectivity index (χ0v) is 15.2. The third kappa shape index (κ3) is 4.27. The van der Waals surface area contributed by atoms with Crippen LogP contribution in [0.4, 0.5) is 4.79 Å². The van der Waals surface area contributed by atoms with Crippen molar-refractivity contribution in [3.05, 3.63) is 62.7 Å². The Balaban J connectivity index is 1.74. The number of rotatable bonds is 7. The summed E-state index contributed by atoms with van der Waals surface area (Å²) >= 11 is 1.59. The number of aromatic nitrogens is 2. The maximum absolute atomic E-state index is 12.5. The Morgan fingerprint density at radius 2 is 1.92 bits per heavy atom. The Hall–Kier alpha value is -2.71. The molecule has 0 saturated carbocycles. The quantitative estimate of drug-likeness (QED) is 0.665. The van der Waals surface area contributed by atoms with Crippen molar-refractivity contribution in [3.8, 4) is 0 Å². The lowest BCUT2D eigenvalue weighted by atomic mass is 10.1. The van der Waals surface area contributed by atoms with Gasteiger partial charge in [-0.25, -0.2) is 9.48 Å². The summed E-state index contributed by atoms with van der Waals surface area (Å²) in [6.07, 6.45) is 0. The summed E-state index contributed by atoms with van der Waals surface area (Å²) in [6, 6.07) is 10.9. The van der Waals surface area contributed by atoms with Crippen LogP contribution in [0.3, 0.4) is 0 Å². The van der Waals surface area contributed by atoms with E-state index in [4.69, 9.17) is 4.74 Å². The Morgan fingerprint density at radius 1 is 1.15 bits per heavy atom. The van der Waals surface area contributed by atoms with Gasteiger partial charge in [-0.15, -0.1) is 11.3 Å². The fraction of sp³-hybridized carbons (Fsp3) is 0.278. The second-order valence-electron chi connectivity index (χ2n) is 5.63. The average Bonchev–Trinajstić information content (AvgIpc) is 3.19. The number of thiophene rings is 1. The van der Waals surface area contributed by atoms with Crippen LogP contribution in [0.1, 0.15) is 10.6 Å². The van der Waals surface area contributed by atoms with Gasteiger partial charge in [0.2, 0.25) is 0 Å².